The monoisotopic (exact) mass is 225 g/mol. The average molecular weight is 226 g/mol. The van der Waals surface area contributed by atoms with Crippen molar-refractivity contribution in [3.8, 4) is 0 Å². The Labute approximate surface area is 90.7 Å². The Kier molecular flexibility index (Phi) is 2.55. The molecule has 0 aliphatic carbocycles. The summed E-state index contributed by atoms with van der Waals surface area (Å²) in [4.78, 5) is 19.4. The Morgan fingerprint density at radius 2 is 2.47 bits per heavy atom. The van der Waals surface area contributed by atoms with Crippen LogP contribution in [0.4, 0.5) is 0 Å². The van der Waals surface area contributed by atoms with E-state index in [1.807, 2.05) is 0 Å². The molecule has 2 aromatic heterocycles. The summed E-state index contributed by atoms with van der Waals surface area (Å²) >= 11 is 5.72. The van der Waals surface area contributed by atoms with Crippen molar-refractivity contribution in [1.82, 2.24) is 14.4 Å². The first-order valence-electron chi connectivity index (χ1n) is 4.38. The van der Waals surface area contributed by atoms with Gasteiger partial charge in [-0.1, -0.05) is 11.6 Å². The number of aromatic nitrogens is 3. The zero-order chi connectivity index (χ0) is 10.8. The highest BCUT2D eigenvalue weighted by molar-refractivity contribution is 6.29. The SMILES string of the molecule is CCOC(=O)c1ncn2ccc(Cl)nc12. The minimum atomic E-state index is -0.491. The van der Waals surface area contributed by atoms with Gasteiger partial charge in [0.1, 0.15) is 11.5 Å². The topological polar surface area (TPSA) is 56.5 Å². The summed E-state index contributed by atoms with van der Waals surface area (Å²) in [6.45, 7) is 2.04. The molecule has 0 radical (unpaired) electrons. The number of imidazole rings is 1. The van der Waals surface area contributed by atoms with E-state index in [1.54, 1.807) is 23.6 Å². The van der Waals surface area contributed by atoms with Gasteiger partial charge in [-0.15, -0.1) is 0 Å². The first-order chi connectivity index (χ1) is 7.22. The van der Waals surface area contributed by atoms with Gasteiger partial charge < -0.3 is 4.74 Å². The minimum absolute atomic E-state index is 0.180. The lowest BCUT2D eigenvalue weighted by molar-refractivity contribution is 0.0522. The van der Waals surface area contributed by atoms with Crippen LogP contribution >= 0.6 is 11.6 Å². The van der Waals surface area contributed by atoms with Gasteiger partial charge in [0.2, 0.25) is 0 Å². The lowest BCUT2D eigenvalue weighted by atomic mass is 10.4. The van der Waals surface area contributed by atoms with Crippen LogP contribution in [0.5, 0.6) is 0 Å². The molecule has 0 spiro atoms. The second-order valence-electron chi connectivity index (χ2n) is 2.79. The van der Waals surface area contributed by atoms with Gasteiger partial charge in [-0.05, 0) is 13.0 Å². The third-order valence-electron chi connectivity index (χ3n) is 1.82. The van der Waals surface area contributed by atoms with Crippen molar-refractivity contribution in [1.29, 1.82) is 0 Å². The van der Waals surface area contributed by atoms with Crippen LogP contribution in [0.3, 0.4) is 0 Å². The number of carbonyl (C=O) groups is 1. The highest BCUT2D eigenvalue weighted by Gasteiger charge is 2.15. The van der Waals surface area contributed by atoms with Crippen LogP contribution in [0.25, 0.3) is 5.65 Å². The maximum absolute atomic E-state index is 11.4. The molecule has 0 saturated carbocycles. The van der Waals surface area contributed by atoms with Crippen molar-refractivity contribution >= 4 is 23.2 Å². The minimum Gasteiger partial charge on any atom is -0.461 e. The number of halogens is 1. The zero-order valence-electron chi connectivity index (χ0n) is 7.98. The summed E-state index contributed by atoms with van der Waals surface area (Å²) < 4.78 is 6.45. The average Bonchev–Trinajstić information content (AvgIpc) is 2.60. The van der Waals surface area contributed by atoms with Gasteiger partial charge in [0.25, 0.3) is 0 Å². The van der Waals surface area contributed by atoms with Crippen molar-refractivity contribution in [2.45, 2.75) is 6.92 Å². The number of rotatable bonds is 2. The van der Waals surface area contributed by atoms with E-state index in [4.69, 9.17) is 16.3 Å². The summed E-state index contributed by atoms with van der Waals surface area (Å²) in [5.41, 5.74) is 0.584. The molecule has 2 rings (SSSR count). The number of ether oxygens (including phenoxy) is 1. The summed E-state index contributed by atoms with van der Waals surface area (Å²) in [5.74, 6) is -0.491. The highest BCUT2D eigenvalue weighted by atomic mass is 35.5. The molecule has 0 aliphatic rings. The normalized spacial score (nSPS) is 10.5. The van der Waals surface area contributed by atoms with E-state index < -0.39 is 5.97 Å². The van der Waals surface area contributed by atoms with Crippen molar-refractivity contribution in [3.05, 3.63) is 29.4 Å². The van der Waals surface area contributed by atoms with Gasteiger partial charge >= 0.3 is 5.97 Å². The fourth-order valence-corrected chi connectivity index (χ4v) is 1.33. The van der Waals surface area contributed by atoms with E-state index in [9.17, 15) is 4.79 Å². The van der Waals surface area contributed by atoms with E-state index in [1.165, 1.54) is 6.33 Å². The second kappa shape index (κ2) is 3.86. The fourth-order valence-electron chi connectivity index (χ4n) is 1.20. The van der Waals surface area contributed by atoms with Crippen LogP contribution in [-0.4, -0.2) is 26.9 Å². The van der Waals surface area contributed by atoms with E-state index in [0.717, 1.165) is 0 Å². The molecule has 5 nitrogen and oxygen atoms in total. The molecule has 0 saturated heterocycles. The second-order valence-corrected chi connectivity index (χ2v) is 3.18. The standard InChI is InChI=1S/C9H8ClN3O2/c1-2-15-9(14)7-8-12-6(10)3-4-13(8)5-11-7/h3-5H,2H2,1H3. The molecule has 2 heterocycles. The Hall–Kier alpha value is -1.62. The smallest absolute Gasteiger partial charge is 0.360 e. The molecule has 0 fully saturated rings. The first kappa shape index (κ1) is 9.92. The van der Waals surface area contributed by atoms with Gasteiger partial charge in [-0.25, -0.2) is 14.8 Å². The Morgan fingerprint density at radius 1 is 1.67 bits per heavy atom. The molecular weight excluding hydrogens is 218 g/mol. The summed E-state index contributed by atoms with van der Waals surface area (Å²) in [6, 6.07) is 1.62. The zero-order valence-corrected chi connectivity index (χ0v) is 8.73. The van der Waals surface area contributed by atoms with E-state index in [2.05, 4.69) is 9.97 Å². The molecular formula is C9H8ClN3O2. The molecule has 0 atom stereocenters. The van der Waals surface area contributed by atoms with Crippen molar-refractivity contribution in [2.24, 2.45) is 0 Å². The van der Waals surface area contributed by atoms with E-state index >= 15 is 0 Å². The number of hydrogen-bond donors (Lipinski definition) is 0. The number of esters is 1. The third-order valence-corrected chi connectivity index (χ3v) is 2.03. The number of hydrogen-bond acceptors (Lipinski definition) is 4. The Balaban J connectivity index is 2.52. The lowest BCUT2D eigenvalue weighted by Crippen LogP contribution is -2.06. The largest absolute Gasteiger partial charge is 0.461 e. The van der Waals surface area contributed by atoms with E-state index in [0.29, 0.717) is 17.4 Å². The van der Waals surface area contributed by atoms with Crippen molar-refractivity contribution in [2.75, 3.05) is 6.61 Å². The molecule has 0 amide bonds. The van der Waals surface area contributed by atoms with Crippen molar-refractivity contribution in [3.63, 3.8) is 0 Å². The summed E-state index contributed by atoms with van der Waals surface area (Å²) in [6.07, 6.45) is 3.17. The Bertz CT molecular complexity index is 509. The van der Waals surface area contributed by atoms with Gasteiger partial charge in [0, 0.05) is 6.20 Å². The summed E-state index contributed by atoms with van der Waals surface area (Å²) in [7, 11) is 0. The first-order valence-corrected chi connectivity index (χ1v) is 4.76. The van der Waals surface area contributed by atoms with Crippen LogP contribution in [-0.2, 0) is 4.74 Å². The predicted molar refractivity (Wildman–Crippen MR) is 54.0 cm³/mol. The van der Waals surface area contributed by atoms with Crippen LogP contribution in [0.15, 0.2) is 18.6 Å². The molecule has 15 heavy (non-hydrogen) atoms. The predicted octanol–water partition coefficient (Wildman–Crippen LogP) is 1.56. The van der Waals surface area contributed by atoms with Gasteiger partial charge in [0.15, 0.2) is 11.3 Å². The molecule has 0 unspecified atom stereocenters. The quantitative estimate of drug-likeness (QED) is 0.575. The van der Waals surface area contributed by atoms with Gasteiger partial charge in [0.05, 0.1) is 6.61 Å². The molecule has 78 valence electrons. The van der Waals surface area contributed by atoms with E-state index in [-0.39, 0.29) is 5.69 Å². The summed E-state index contributed by atoms with van der Waals surface area (Å²) in [5, 5.41) is 0.313. The van der Waals surface area contributed by atoms with Crippen LogP contribution in [0, 0.1) is 0 Å². The highest BCUT2D eigenvalue weighted by Crippen LogP contribution is 2.11. The van der Waals surface area contributed by atoms with Crippen LogP contribution in [0.2, 0.25) is 5.15 Å². The number of fused-ring (bicyclic) bond motifs is 1. The van der Waals surface area contributed by atoms with Crippen molar-refractivity contribution < 1.29 is 9.53 Å². The van der Waals surface area contributed by atoms with Gasteiger partial charge in [-0.2, -0.15) is 0 Å². The maximum atomic E-state index is 11.4. The lowest BCUT2D eigenvalue weighted by Gasteiger charge is -1.98. The Morgan fingerprint density at radius 3 is 3.20 bits per heavy atom. The number of nitrogens with zero attached hydrogens (tertiary/aromatic N) is 3. The van der Waals surface area contributed by atoms with Gasteiger partial charge in [-0.3, -0.25) is 4.40 Å². The van der Waals surface area contributed by atoms with Crippen LogP contribution in [0.1, 0.15) is 17.4 Å². The third kappa shape index (κ3) is 1.78. The molecule has 2 aromatic rings. The molecule has 0 aliphatic heterocycles. The number of carbonyl (C=O) groups excluding carboxylic acids is 1. The molecule has 6 heteroatoms. The molecule has 0 bridgehead atoms. The molecule has 0 N–H and O–H groups in total. The molecule has 0 aromatic carbocycles. The fraction of sp³-hybridized carbons (Fsp3) is 0.222. The van der Waals surface area contributed by atoms with Crippen LogP contribution < -0.4 is 0 Å². The maximum Gasteiger partial charge on any atom is 0.360 e.